The molecule has 4 nitrogen and oxygen atoms in total. The maximum atomic E-state index is 13.1. The highest BCUT2D eigenvalue weighted by atomic mass is 16.2. The zero-order valence-corrected chi connectivity index (χ0v) is 17.5. The number of likely N-dealkylation sites (tertiary alicyclic amines) is 1. The number of fused-ring (bicyclic) bond motifs is 1. The zero-order chi connectivity index (χ0) is 20.2. The highest BCUT2D eigenvalue weighted by molar-refractivity contribution is 5.98. The number of hydrogen-bond donors (Lipinski definition) is 1. The molecule has 0 bridgehead atoms. The second kappa shape index (κ2) is 8.83. The van der Waals surface area contributed by atoms with Gasteiger partial charge in [0.2, 0.25) is 0 Å². The SMILES string of the molecule is CCN(CC1CCCN(Cc2ccc(C)cc2)C1)C(=O)c1cc2ccccc2[nH]1. The molecular formula is C25H31N3O. The number of piperidine rings is 1. The predicted octanol–water partition coefficient (Wildman–Crippen LogP) is 4.85. The third kappa shape index (κ3) is 4.70. The molecular weight excluding hydrogens is 358 g/mol. The van der Waals surface area contributed by atoms with E-state index in [0.717, 1.165) is 43.6 Å². The van der Waals surface area contributed by atoms with Crippen LogP contribution in [0.4, 0.5) is 0 Å². The highest BCUT2D eigenvalue weighted by Crippen LogP contribution is 2.22. The van der Waals surface area contributed by atoms with Crippen LogP contribution >= 0.6 is 0 Å². The van der Waals surface area contributed by atoms with Crippen LogP contribution in [0.15, 0.2) is 54.6 Å². The highest BCUT2D eigenvalue weighted by Gasteiger charge is 2.25. The lowest BCUT2D eigenvalue weighted by atomic mass is 9.96. The van der Waals surface area contributed by atoms with Crippen molar-refractivity contribution in [3.8, 4) is 0 Å². The molecule has 1 N–H and O–H groups in total. The summed E-state index contributed by atoms with van der Waals surface area (Å²) in [5.41, 5.74) is 4.39. The van der Waals surface area contributed by atoms with Crippen molar-refractivity contribution in [2.24, 2.45) is 5.92 Å². The van der Waals surface area contributed by atoms with Gasteiger partial charge in [0.25, 0.3) is 5.91 Å². The molecule has 4 rings (SSSR count). The van der Waals surface area contributed by atoms with Gasteiger partial charge in [0, 0.05) is 37.1 Å². The first-order valence-electron chi connectivity index (χ1n) is 10.8. The molecule has 1 unspecified atom stereocenters. The van der Waals surface area contributed by atoms with Gasteiger partial charge in [-0.25, -0.2) is 0 Å². The number of nitrogens with one attached hydrogen (secondary N) is 1. The molecule has 0 saturated carbocycles. The minimum Gasteiger partial charge on any atom is -0.351 e. The summed E-state index contributed by atoms with van der Waals surface area (Å²) >= 11 is 0. The van der Waals surface area contributed by atoms with E-state index in [4.69, 9.17) is 0 Å². The van der Waals surface area contributed by atoms with Crippen LogP contribution in [0.2, 0.25) is 0 Å². The van der Waals surface area contributed by atoms with Gasteiger partial charge in [-0.2, -0.15) is 0 Å². The minimum atomic E-state index is 0.111. The van der Waals surface area contributed by atoms with Crippen LogP contribution in [0.1, 0.15) is 41.4 Å². The fraction of sp³-hybridized carbons (Fsp3) is 0.400. The molecule has 0 radical (unpaired) electrons. The van der Waals surface area contributed by atoms with E-state index in [-0.39, 0.29) is 5.91 Å². The fourth-order valence-corrected chi connectivity index (χ4v) is 4.42. The van der Waals surface area contributed by atoms with Crippen molar-refractivity contribution in [1.29, 1.82) is 0 Å². The quantitative estimate of drug-likeness (QED) is 0.654. The maximum absolute atomic E-state index is 13.1. The van der Waals surface area contributed by atoms with Crippen molar-refractivity contribution >= 4 is 16.8 Å². The van der Waals surface area contributed by atoms with Crippen LogP contribution in [0.25, 0.3) is 10.9 Å². The lowest BCUT2D eigenvalue weighted by molar-refractivity contribution is 0.0680. The number of amides is 1. The Hall–Kier alpha value is -2.59. The average molecular weight is 390 g/mol. The van der Waals surface area contributed by atoms with Gasteiger partial charge >= 0.3 is 0 Å². The van der Waals surface area contributed by atoms with E-state index in [1.165, 1.54) is 24.0 Å². The molecule has 1 saturated heterocycles. The van der Waals surface area contributed by atoms with Gasteiger partial charge in [-0.1, -0.05) is 48.0 Å². The molecule has 152 valence electrons. The summed E-state index contributed by atoms with van der Waals surface area (Å²) in [6, 6.07) is 18.9. The monoisotopic (exact) mass is 389 g/mol. The van der Waals surface area contributed by atoms with Gasteiger partial charge in [0.05, 0.1) is 0 Å². The minimum absolute atomic E-state index is 0.111. The van der Waals surface area contributed by atoms with E-state index in [2.05, 4.69) is 48.0 Å². The molecule has 3 aromatic rings. The van der Waals surface area contributed by atoms with Gasteiger partial charge in [0.15, 0.2) is 0 Å². The van der Waals surface area contributed by atoms with Crippen molar-refractivity contribution in [3.05, 3.63) is 71.4 Å². The second-order valence-electron chi connectivity index (χ2n) is 8.34. The van der Waals surface area contributed by atoms with Gasteiger partial charge in [-0.3, -0.25) is 9.69 Å². The summed E-state index contributed by atoms with van der Waals surface area (Å²) < 4.78 is 0. The number of nitrogens with zero attached hydrogens (tertiary/aromatic N) is 2. The molecule has 1 aromatic heterocycles. The van der Waals surface area contributed by atoms with Crippen LogP contribution in [-0.4, -0.2) is 46.9 Å². The second-order valence-corrected chi connectivity index (χ2v) is 8.34. The van der Waals surface area contributed by atoms with Gasteiger partial charge in [-0.15, -0.1) is 0 Å². The van der Waals surface area contributed by atoms with Crippen molar-refractivity contribution < 1.29 is 4.79 Å². The number of hydrogen-bond acceptors (Lipinski definition) is 2. The number of benzene rings is 2. The average Bonchev–Trinajstić information content (AvgIpc) is 3.18. The van der Waals surface area contributed by atoms with Gasteiger partial charge in [-0.05, 0) is 56.8 Å². The first-order chi connectivity index (χ1) is 14.1. The number of aromatic nitrogens is 1. The molecule has 2 heterocycles. The molecule has 4 heteroatoms. The van der Waals surface area contributed by atoms with E-state index >= 15 is 0 Å². The van der Waals surface area contributed by atoms with Crippen LogP contribution < -0.4 is 0 Å². The van der Waals surface area contributed by atoms with Crippen molar-refractivity contribution in [2.75, 3.05) is 26.2 Å². The van der Waals surface area contributed by atoms with E-state index in [1.54, 1.807) is 0 Å². The molecule has 1 amide bonds. The summed E-state index contributed by atoms with van der Waals surface area (Å²) in [6.45, 7) is 8.98. The number of para-hydroxylation sites is 1. The smallest absolute Gasteiger partial charge is 0.270 e. The molecule has 1 fully saturated rings. The summed E-state index contributed by atoms with van der Waals surface area (Å²) in [5, 5.41) is 1.09. The first kappa shape index (κ1) is 19.7. The van der Waals surface area contributed by atoms with E-state index < -0.39 is 0 Å². The molecule has 1 aliphatic rings. The Balaban J connectivity index is 1.39. The first-order valence-corrected chi connectivity index (χ1v) is 10.8. The van der Waals surface area contributed by atoms with E-state index in [1.807, 2.05) is 35.2 Å². The van der Waals surface area contributed by atoms with Crippen LogP contribution in [0, 0.1) is 12.8 Å². The van der Waals surface area contributed by atoms with Crippen LogP contribution in [0.3, 0.4) is 0 Å². The number of H-pyrrole nitrogens is 1. The molecule has 1 atom stereocenters. The van der Waals surface area contributed by atoms with E-state index in [9.17, 15) is 4.79 Å². The van der Waals surface area contributed by atoms with Crippen molar-refractivity contribution in [1.82, 2.24) is 14.8 Å². The van der Waals surface area contributed by atoms with Crippen LogP contribution in [0.5, 0.6) is 0 Å². The number of aryl methyl sites for hydroxylation is 1. The van der Waals surface area contributed by atoms with Gasteiger partial charge < -0.3 is 9.88 Å². The van der Waals surface area contributed by atoms with Gasteiger partial charge in [0.1, 0.15) is 5.69 Å². The summed E-state index contributed by atoms with van der Waals surface area (Å²) in [5.74, 6) is 0.641. The summed E-state index contributed by atoms with van der Waals surface area (Å²) in [7, 11) is 0. The van der Waals surface area contributed by atoms with Crippen molar-refractivity contribution in [3.63, 3.8) is 0 Å². The van der Waals surface area contributed by atoms with E-state index in [0.29, 0.717) is 11.6 Å². The number of carbonyl (C=O) groups excluding carboxylic acids is 1. The fourth-order valence-electron chi connectivity index (χ4n) is 4.42. The number of carbonyl (C=O) groups is 1. The Labute approximate surface area is 173 Å². The molecule has 0 spiro atoms. The third-order valence-electron chi connectivity index (χ3n) is 6.04. The molecule has 2 aromatic carbocycles. The summed E-state index contributed by atoms with van der Waals surface area (Å²) in [6.07, 6.45) is 2.40. The number of aromatic amines is 1. The normalized spacial score (nSPS) is 17.5. The number of rotatable bonds is 6. The standard InChI is InChI=1S/C25H31N3O/c1-3-28(25(29)24-15-22-8-4-5-9-23(22)26-24)18-21-7-6-14-27(17-21)16-20-12-10-19(2)11-13-20/h4-5,8-13,15,21,26H,3,6-7,14,16-18H2,1-2H3. The van der Waals surface area contributed by atoms with Crippen LogP contribution in [-0.2, 0) is 6.54 Å². The third-order valence-corrected chi connectivity index (χ3v) is 6.04. The Morgan fingerprint density at radius 1 is 1.17 bits per heavy atom. The maximum Gasteiger partial charge on any atom is 0.270 e. The summed E-state index contributed by atoms with van der Waals surface area (Å²) in [4.78, 5) is 20.9. The Bertz CT molecular complexity index is 927. The molecule has 29 heavy (non-hydrogen) atoms. The largest absolute Gasteiger partial charge is 0.351 e. The molecule has 0 aliphatic carbocycles. The lowest BCUT2D eigenvalue weighted by Gasteiger charge is -2.35. The topological polar surface area (TPSA) is 39.3 Å². The Morgan fingerprint density at radius 2 is 1.97 bits per heavy atom. The Kier molecular flexibility index (Phi) is 6.00. The lowest BCUT2D eigenvalue weighted by Crippen LogP contribution is -2.42. The molecule has 1 aliphatic heterocycles. The Morgan fingerprint density at radius 3 is 2.72 bits per heavy atom. The zero-order valence-electron chi connectivity index (χ0n) is 17.5. The predicted molar refractivity (Wildman–Crippen MR) is 119 cm³/mol. The van der Waals surface area contributed by atoms with Crippen molar-refractivity contribution in [2.45, 2.75) is 33.2 Å².